The molecule has 41 heavy (non-hydrogen) atoms. The third-order valence-corrected chi connectivity index (χ3v) is 7.52. The summed E-state index contributed by atoms with van der Waals surface area (Å²) in [6.45, 7) is 2.36. The van der Waals surface area contributed by atoms with Gasteiger partial charge in [-0.1, -0.05) is 72.5 Å². The molecule has 4 aromatic rings. The predicted molar refractivity (Wildman–Crippen MR) is 161 cm³/mol. The largest absolute Gasteiger partial charge is 0.462 e. The Hall–Kier alpha value is -4.91. The Kier molecular flexibility index (Phi) is 9.53. The van der Waals surface area contributed by atoms with Gasteiger partial charge in [-0.2, -0.15) is 0 Å². The van der Waals surface area contributed by atoms with Crippen LogP contribution >= 0.6 is 0 Å². The van der Waals surface area contributed by atoms with Gasteiger partial charge >= 0.3 is 5.97 Å². The van der Waals surface area contributed by atoms with Gasteiger partial charge in [0.15, 0.2) is 0 Å². The van der Waals surface area contributed by atoms with Gasteiger partial charge < -0.3 is 15.8 Å². The van der Waals surface area contributed by atoms with Crippen molar-refractivity contribution in [3.8, 4) is 23.0 Å². The number of nitrogens with one attached hydrogen (secondary N) is 3. The number of rotatable bonds is 10. The molecule has 0 aliphatic heterocycles. The van der Waals surface area contributed by atoms with E-state index in [9.17, 15) is 13.2 Å². The SMILES string of the molecule is CCOC(=O)c1ccc(CNS(=O)(=O)c2cc(C#CCNc3cccc(C(=N)N)c3)ccc2-c2ccccc2)cc1. The Morgan fingerprint density at radius 1 is 0.927 bits per heavy atom. The second-order valence-electron chi connectivity index (χ2n) is 8.97. The summed E-state index contributed by atoms with van der Waals surface area (Å²) in [4.78, 5) is 12.0. The molecule has 0 aliphatic rings. The first-order chi connectivity index (χ1) is 19.8. The zero-order valence-electron chi connectivity index (χ0n) is 22.5. The number of sulfonamides is 1. The molecule has 0 aromatic heterocycles. The Morgan fingerprint density at radius 3 is 2.39 bits per heavy atom. The average molecular weight is 567 g/mol. The lowest BCUT2D eigenvalue weighted by Crippen LogP contribution is -2.24. The fraction of sp³-hybridized carbons (Fsp3) is 0.125. The molecule has 4 rings (SSSR count). The van der Waals surface area contributed by atoms with Crippen molar-refractivity contribution in [2.75, 3.05) is 18.5 Å². The summed E-state index contributed by atoms with van der Waals surface area (Å²) < 4.78 is 34.8. The van der Waals surface area contributed by atoms with Crippen molar-refractivity contribution in [3.63, 3.8) is 0 Å². The molecular weight excluding hydrogens is 536 g/mol. The van der Waals surface area contributed by atoms with Crippen LogP contribution in [0.15, 0.2) is 102 Å². The molecule has 0 bridgehead atoms. The number of hydrogen-bond donors (Lipinski definition) is 4. The van der Waals surface area contributed by atoms with Gasteiger partial charge in [0.25, 0.3) is 0 Å². The van der Waals surface area contributed by atoms with E-state index in [0.717, 1.165) is 11.3 Å². The Bertz CT molecular complexity index is 1710. The Labute approximate surface area is 240 Å². The zero-order valence-corrected chi connectivity index (χ0v) is 23.3. The van der Waals surface area contributed by atoms with E-state index < -0.39 is 16.0 Å². The van der Waals surface area contributed by atoms with Gasteiger partial charge in [0.05, 0.1) is 23.6 Å². The lowest BCUT2D eigenvalue weighted by molar-refractivity contribution is 0.0526. The highest BCUT2D eigenvalue weighted by molar-refractivity contribution is 7.89. The van der Waals surface area contributed by atoms with Gasteiger partial charge in [0.2, 0.25) is 10.0 Å². The third-order valence-electron chi connectivity index (χ3n) is 6.07. The van der Waals surface area contributed by atoms with E-state index >= 15 is 0 Å². The summed E-state index contributed by atoms with van der Waals surface area (Å²) in [5.74, 6) is 5.60. The summed E-state index contributed by atoms with van der Waals surface area (Å²) in [6.07, 6.45) is 0. The van der Waals surface area contributed by atoms with Gasteiger partial charge in [-0.3, -0.25) is 5.41 Å². The van der Waals surface area contributed by atoms with E-state index in [1.54, 1.807) is 67.6 Å². The number of hydrogen-bond acceptors (Lipinski definition) is 6. The van der Waals surface area contributed by atoms with Crippen LogP contribution in [0.1, 0.15) is 34.0 Å². The number of anilines is 1. The van der Waals surface area contributed by atoms with Crippen molar-refractivity contribution in [3.05, 3.63) is 119 Å². The van der Waals surface area contributed by atoms with Gasteiger partial charge in [0, 0.05) is 28.9 Å². The third kappa shape index (κ3) is 7.82. The van der Waals surface area contributed by atoms with Crippen LogP contribution in [-0.4, -0.2) is 33.4 Å². The maximum Gasteiger partial charge on any atom is 0.338 e. The molecule has 0 heterocycles. The minimum absolute atomic E-state index is 0.0192. The summed E-state index contributed by atoms with van der Waals surface area (Å²) >= 11 is 0. The highest BCUT2D eigenvalue weighted by atomic mass is 32.2. The highest BCUT2D eigenvalue weighted by Crippen LogP contribution is 2.28. The first-order valence-corrected chi connectivity index (χ1v) is 14.4. The Morgan fingerprint density at radius 2 is 1.68 bits per heavy atom. The molecule has 0 saturated carbocycles. The molecule has 9 heteroatoms. The molecule has 0 spiro atoms. The molecule has 0 unspecified atom stereocenters. The van der Waals surface area contributed by atoms with Crippen molar-refractivity contribution in [1.82, 2.24) is 4.72 Å². The van der Waals surface area contributed by atoms with E-state index in [1.807, 2.05) is 36.4 Å². The van der Waals surface area contributed by atoms with Crippen molar-refractivity contribution in [1.29, 1.82) is 5.41 Å². The number of nitrogens with two attached hydrogens (primary N) is 1. The standard InChI is InChI=1S/C32H30N4O4S/c1-2-40-32(37)26-16-13-24(14-17-26)22-36-41(38,39)30-20-23(15-18-29(30)25-9-4-3-5-10-25)8-7-19-35-28-12-6-11-27(21-28)31(33)34/h3-6,9-18,20-21,35-36H,2,19,22H2,1H3,(H3,33,34). The lowest BCUT2D eigenvalue weighted by Gasteiger charge is -2.13. The van der Waals surface area contributed by atoms with Gasteiger partial charge in [-0.15, -0.1) is 0 Å². The van der Waals surface area contributed by atoms with Gasteiger partial charge in [0.1, 0.15) is 5.84 Å². The second kappa shape index (κ2) is 13.4. The number of carbonyl (C=O) groups is 1. The quantitative estimate of drug-likeness (QED) is 0.0947. The van der Waals surface area contributed by atoms with Crippen LogP contribution in [0, 0.1) is 17.3 Å². The molecule has 8 nitrogen and oxygen atoms in total. The van der Waals surface area contributed by atoms with E-state index in [0.29, 0.717) is 34.4 Å². The molecule has 0 amide bonds. The summed E-state index contributed by atoms with van der Waals surface area (Å²) in [6, 6.07) is 28.2. The number of carbonyl (C=O) groups excluding carboxylic acids is 1. The Balaban J connectivity index is 1.54. The van der Waals surface area contributed by atoms with E-state index in [4.69, 9.17) is 15.9 Å². The van der Waals surface area contributed by atoms with Gasteiger partial charge in [-0.25, -0.2) is 17.9 Å². The normalized spacial score (nSPS) is 10.8. The molecule has 0 aliphatic carbocycles. The van der Waals surface area contributed by atoms with Crippen LogP contribution in [0.3, 0.4) is 0 Å². The average Bonchev–Trinajstić information content (AvgIpc) is 2.99. The van der Waals surface area contributed by atoms with Crippen LogP contribution in [-0.2, 0) is 21.3 Å². The minimum Gasteiger partial charge on any atom is -0.462 e. The van der Waals surface area contributed by atoms with Gasteiger partial charge in [-0.05, 0) is 54.4 Å². The minimum atomic E-state index is -3.94. The number of benzene rings is 4. The molecule has 0 atom stereocenters. The first-order valence-electron chi connectivity index (χ1n) is 12.9. The highest BCUT2D eigenvalue weighted by Gasteiger charge is 2.20. The van der Waals surface area contributed by atoms with Crippen molar-refractivity contribution >= 4 is 27.5 Å². The zero-order chi connectivity index (χ0) is 29.2. The van der Waals surface area contributed by atoms with Crippen molar-refractivity contribution < 1.29 is 17.9 Å². The molecule has 208 valence electrons. The summed E-state index contributed by atoms with van der Waals surface area (Å²) in [5, 5.41) is 10.7. The fourth-order valence-corrected chi connectivity index (χ4v) is 5.27. The first kappa shape index (κ1) is 29.1. The molecule has 0 fully saturated rings. The smallest absolute Gasteiger partial charge is 0.338 e. The molecular formula is C32H30N4O4S. The number of ether oxygens (including phenoxy) is 1. The van der Waals surface area contributed by atoms with E-state index in [-0.39, 0.29) is 23.9 Å². The number of amidine groups is 1. The van der Waals surface area contributed by atoms with Crippen molar-refractivity contribution in [2.24, 2.45) is 5.73 Å². The van der Waals surface area contributed by atoms with Crippen LogP contribution in [0.2, 0.25) is 0 Å². The molecule has 0 radical (unpaired) electrons. The van der Waals surface area contributed by atoms with Crippen LogP contribution < -0.4 is 15.8 Å². The molecule has 5 N–H and O–H groups in total. The van der Waals surface area contributed by atoms with E-state index in [1.165, 1.54) is 0 Å². The second-order valence-corrected chi connectivity index (χ2v) is 10.7. The summed E-state index contributed by atoms with van der Waals surface area (Å²) in [5.41, 5.74) is 9.89. The number of nitrogen functional groups attached to an aromatic ring is 1. The van der Waals surface area contributed by atoms with Crippen LogP contribution in [0.5, 0.6) is 0 Å². The predicted octanol–water partition coefficient (Wildman–Crippen LogP) is 4.76. The molecule has 0 saturated heterocycles. The maximum absolute atomic E-state index is 13.5. The van der Waals surface area contributed by atoms with Crippen LogP contribution in [0.4, 0.5) is 5.69 Å². The monoisotopic (exact) mass is 566 g/mol. The lowest BCUT2D eigenvalue weighted by atomic mass is 10.0. The molecule has 4 aromatic carbocycles. The van der Waals surface area contributed by atoms with Crippen LogP contribution in [0.25, 0.3) is 11.1 Å². The number of esters is 1. The van der Waals surface area contributed by atoms with Crippen molar-refractivity contribution in [2.45, 2.75) is 18.4 Å². The summed E-state index contributed by atoms with van der Waals surface area (Å²) in [7, 11) is -3.94. The van der Waals surface area contributed by atoms with E-state index in [2.05, 4.69) is 21.9 Å². The topological polar surface area (TPSA) is 134 Å². The fourth-order valence-electron chi connectivity index (χ4n) is 4.00. The maximum atomic E-state index is 13.5.